The standard InChI is InChI=1S/C16H17ClN4OS/c1-9-12(10(2)21(3)20-9)5-7-15(22)19-16-18-13-6-4-11(17)8-14(13)23-16/h4,6,8H,5,7H2,1-3H3,(H,18,19,22). The molecule has 1 N–H and O–H groups in total. The minimum atomic E-state index is -0.0437. The fourth-order valence-corrected chi connectivity index (χ4v) is 3.71. The molecule has 0 fully saturated rings. The number of carbonyl (C=O) groups excluding carboxylic acids is 1. The molecule has 1 aromatic carbocycles. The van der Waals surface area contributed by atoms with E-state index in [9.17, 15) is 4.79 Å². The number of aryl methyl sites for hydroxylation is 2. The van der Waals surface area contributed by atoms with Crippen LogP contribution in [0.2, 0.25) is 5.02 Å². The number of benzene rings is 1. The number of halogens is 1. The second kappa shape index (κ2) is 6.29. The summed E-state index contributed by atoms with van der Waals surface area (Å²) in [6, 6.07) is 5.50. The van der Waals surface area contributed by atoms with Gasteiger partial charge >= 0.3 is 0 Å². The van der Waals surface area contributed by atoms with Crippen molar-refractivity contribution in [2.45, 2.75) is 26.7 Å². The molecule has 0 saturated heterocycles. The Kier molecular flexibility index (Phi) is 4.37. The van der Waals surface area contributed by atoms with E-state index in [1.54, 1.807) is 6.07 Å². The summed E-state index contributed by atoms with van der Waals surface area (Å²) in [5.74, 6) is -0.0437. The second-order valence-corrected chi connectivity index (χ2v) is 6.92. The van der Waals surface area contributed by atoms with E-state index >= 15 is 0 Å². The number of hydrogen-bond acceptors (Lipinski definition) is 4. The highest BCUT2D eigenvalue weighted by Crippen LogP contribution is 2.28. The highest BCUT2D eigenvalue weighted by molar-refractivity contribution is 7.22. The molecule has 7 heteroatoms. The van der Waals surface area contributed by atoms with Crippen molar-refractivity contribution in [2.24, 2.45) is 7.05 Å². The van der Waals surface area contributed by atoms with E-state index in [0.29, 0.717) is 23.0 Å². The van der Waals surface area contributed by atoms with E-state index in [2.05, 4.69) is 15.4 Å². The van der Waals surface area contributed by atoms with Crippen LogP contribution in [-0.4, -0.2) is 20.7 Å². The first kappa shape index (κ1) is 16.0. The maximum absolute atomic E-state index is 12.2. The van der Waals surface area contributed by atoms with Crippen molar-refractivity contribution < 1.29 is 4.79 Å². The van der Waals surface area contributed by atoms with Crippen LogP contribution in [0.1, 0.15) is 23.4 Å². The van der Waals surface area contributed by atoms with Crippen LogP contribution in [0.25, 0.3) is 10.2 Å². The van der Waals surface area contributed by atoms with Crippen LogP contribution in [0.3, 0.4) is 0 Å². The minimum Gasteiger partial charge on any atom is -0.302 e. The van der Waals surface area contributed by atoms with E-state index in [4.69, 9.17) is 11.6 Å². The van der Waals surface area contributed by atoms with Gasteiger partial charge < -0.3 is 5.32 Å². The molecule has 0 saturated carbocycles. The molecule has 0 aliphatic heterocycles. The average molecular weight is 349 g/mol. The molecule has 0 aliphatic rings. The van der Waals surface area contributed by atoms with Crippen LogP contribution in [0.5, 0.6) is 0 Å². The quantitative estimate of drug-likeness (QED) is 0.778. The van der Waals surface area contributed by atoms with Crippen molar-refractivity contribution >= 4 is 44.2 Å². The molecule has 0 bridgehead atoms. The number of carbonyl (C=O) groups is 1. The Bertz CT molecular complexity index is 884. The van der Waals surface area contributed by atoms with Gasteiger partial charge in [0.05, 0.1) is 15.9 Å². The first-order valence-corrected chi connectivity index (χ1v) is 8.48. The van der Waals surface area contributed by atoms with Crippen LogP contribution in [0.4, 0.5) is 5.13 Å². The van der Waals surface area contributed by atoms with Crippen molar-refractivity contribution in [1.29, 1.82) is 0 Å². The molecular formula is C16H17ClN4OS. The molecule has 0 spiro atoms. The number of nitrogens with zero attached hydrogens (tertiary/aromatic N) is 3. The van der Waals surface area contributed by atoms with E-state index in [1.807, 2.05) is 37.7 Å². The minimum absolute atomic E-state index is 0.0437. The fraction of sp³-hybridized carbons (Fsp3) is 0.312. The van der Waals surface area contributed by atoms with E-state index in [-0.39, 0.29) is 5.91 Å². The van der Waals surface area contributed by atoms with E-state index < -0.39 is 0 Å². The monoisotopic (exact) mass is 348 g/mol. The summed E-state index contributed by atoms with van der Waals surface area (Å²) in [5.41, 5.74) is 4.06. The molecule has 0 radical (unpaired) electrons. The Balaban J connectivity index is 1.66. The molecule has 0 atom stereocenters. The maximum atomic E-state index is 12.2. The molecular weight excluding hydrogens is 332 g/mol. The number of rotatable bonds is 4. The summed E-state index contributed by atoms with van der Waals surface area (Å²) in [5, 5.41) is 8.51. The lowest BCUT2D eigenvalue weighted by molar-refractivity contribution is -0.116. The number of hydrogen-bond donors (Lipinski definition) is 1. The molecule has 1 amide bonds. The Hall–Kier alpha value is -1.92. The number of amides is 1. The van der Waals surface area contributed by atoms with Crippen LogP contribution in [0.15, 0.2) is 18.2 Å². The van der Waals surface area contributed by atoms with Gasteiger partial charge in [0.2, 0.25) is 5.91 Å². The van der Waals surface area contributed by atoms with Gasteiger partial charge in [-0.15, -0.1) is 0 Å². The van der Waals surface area contributed by atoms with Crippen molar-refractivity contribution in [3.05, 3.63) is 40.2 Å². The Morgan fingerprint density at radius 1 is 1.39 bits per heavy atom. The molecule has 23 heavy (non-hydrogen) atoms. The zero-order valence-corrected chi connectivity index (χ0v) is 14.8. The van der Waals surface area contributed by atoms with Crippen molar-refractivity contribution in [3.8, 4) is 0 Å². The summed E-state index contributed by atoms with van der Waals surface area (Å²) in [4.78, 5) is 16.6. The summed E-state index contributed by atoms with van der Waals surface area (Å²) in [6.45, 7) is 3.99. The zero-order chi connectivity index (χ0) is 16.6. The molecule has 3 aromatic rings. The highest BCUT2D eigenvalue weighted by atomic mass is 35.5. The Labute approximate surface area is 143 Å². The highest BCUT2D eigenvalue weighted by Gasteiger charge is 2.13. The topological polar surface area (TPSA) is 59.8 Å². The molecule has 2 aromatic heterocycles. The van der Waals surface area contributed by atoms with Gasteiger partial charge in [-0.25, -0.2) is 4.98 Å². The molecule has 0 aliphatic carbocycles. The fourth-order valence-electron chi connectivity index (χ4n) is 2.55. The largest absolute Gasteiger partial charge is 0.302 e. The van der Waals surface area contributed by atoms with Gasteiger partial charge in [-0.1, -0.05) is 22.9 Å². The number of thiazole rings is 1. The van der Waals surface area contributed by atoms with Crippen molar-refractivity contribution in [2.75, 3.05) is 5.32 Å². The average Bonchev–Trinajstić information content (AvgIpc) is 2.98. The summed E-state index contributed by atoms with van der Waals surface area (Å²) >= 11 is 7.39. The molecule has 120 valence electrons. The lowest BCUT2D eigenvalue weighted by atomic mass is 10.1. The predicted molar refractivity (Wildman–Crippen MR) is 94.3 cm³/mol. The van der Waals surface area contributed by atoms with Gasteiger partial charge in [-0.05, 0) is 44.0 Å². The third kappa shape index (κ3) is 3.38. The normalized spacial score (nSPS) is 11.1. The van der Waals surface area contributed by atoms with Crippen LogP contribution < -0.4 is 5.32 Å². The molecule has 5 nitrogen and oxygen atoms in total. The number of nitrogens with one attached hydrogen (secondary N) is 1. The smallest absolute Gasteiger partial charge is 0.226 e. The van der Waals surface area contributed by atoms with Crippen molar-refractivity contribution in [1.82, 2.24) is 14.8 Å². The van der Waals surface area contributed by atoms with Crippen LogP contribution >= 0.6 is 22.9 Å². The molecule has 3 rings (SSSR count). The van der Waals surface area contributed by atoms with Gasteiger partial charge in [-0.3, -0.25) is 9.48 Å². The van der Waals surface area contributed by atoms with E-state index in [0.717, 1.165) is 27.2 Å². The first-order valence-electron chi connectivity index (χ1n) is 7.29. The predicted octanol–water partition coefficient (Wildman–Crippen LogP) is 3.87. The number of aromatic nitrogens is 3. The first-order chi connectivity index (χ1) is 10.9. The van der Waals surface area contributed by atoms with E-state index in [1.165, 1.54) is 11.3 Å². The third-order valence-corrected chi connectivity index (χ3v) is 5.03. The van der Waals surface area contributed by atoms with Crippen molar-refractivity contribution in [3.63, 3.8) is 0 Å². The number of anilines is 1. The van der Waals surface area contributed by atoms with Gasteiger partial charge in [0.15, 0.2) is 5.13 Å². The molecule has 2 heterocycles. The maximum Gasteiger partial charge on any atom is 0.226 e. The van der Waals surface area contributed by atoms with Gasteiger partial charge in [0, 0.05) is 24.2 Å². The second-order valence-electron chi connectivity index (χ2n) is 5.45. The lowest BCUT2D eigenvalue weighted by Crippen LogP contribution is -2.12. The Morgan fingerprint density at radius 2 is 2.17 bits per heavy atom. The van der Waals surface area contributed by atoms with Crippen LogP contribution in [-0.2, 0) is 18.3 Å². The van der Waals surface area contributed by atoms with Gasteiger partial charge in [0.25, 0.3) is 0 Å². The van der Waals surface area contributed by atoms with Crippen LogP contribution in [0, 0.1) is 13.8 Å². The summed E-state index contributed by atoms with van der Waals surface area (Å²) in [7, 11) is 1.91. The third-order valence-electron chi connectivity index (χ3n) is 3.86. The lowest BCUT2D eigenvalue weighted by Gasteiger charge is -2.03. The summed E-state index contributed by atoms with van der Waals surface area (Å²) < 4.78 is 2.81. The van der Waals surface area contributed by atoms with Gasteiger partial charge in [0.1, 0.15) is 0 Å². The number of fused-ring (bicyclic) bond motifs is 1. The SMILES string of the molecule is Cc1nn(C)c(C)c1CCC(=O)Nc1nc2ccc(Cl)cc2s1. The Morgan fingerprint density at radius 3 is 2.87 bits per heavy atom. The zero-order valence-electron chi connectivity index (χ0n) is 13.2. The van der Waals surface area contributed by atoms with Gasteiger partial charge in [-0.2, -0.15) is 5.10 Å². The summed E-state index contributed by atoms with van der Waals surface area (Å²) in [6.07, 6.45) is 1.08. The molecule has 0 unspecified atom stereocenters.